The van der Waals surface area contributed by atoms with Crippen LogP contribution in [0.3, 0.4) is 0 Å². The maximum absolute atomic E-state index is 13.5. The van der Waals surface area contributed by atoms with Crippen molar-refractivity contribution in [2.24, 2.45) is 0 Å². The second-order valence-corrected chi connectivity index (χ2v) is 11.9. The molecule has 0 fully saturated rings. The van der Waals surface area contributed by atoms with Gasteiger partial charge in [0, 0.05) is 27.9 Å². The minimum Gasteiger partial charge on any atom is -0.496 e. The van der Waals surface area contributed by atoms with E-state index in [1.165, 1.54) is 17.8 Å². The van der Waals surface area contributed by atoms with E-state index in [0.29, 0.717) is 40.8 Å². The Balaban J connectivity index is 1.27. The molecule has 10 heteroatoms. The van der Waals surface area contributed by atoms with Gasteiger partial charge in [-0.15, -0.1) is 11.8 Å². The van der Waals surface area contributed by atoms with Crippen LogP contribution in [0, 0.1) is 0 Å². The van der Waals surface area contributed by atoms with E-state index in [-0.39, 0.29) is 16.9 Å². The Morgan fingerprint density at radius 2 is 1.48 bits per heavy atom. The van der Waals surface area contributed by atoms with Crippen LogP contribution in [0.1, 0.15) is 30.0 Å². The van der Waals surface area contributed by atoms with Crippen LogP contribution in [0.25, 0.3) is 17.4 Å². The highest BCUT2D eigenvalue weighted by molar-refractivity contribution is 8.00. The van der Waals surface area contributed by atoms with Gasteiger partial charge in [0.15, 0.2) is 0 Å². The van der Waals surface area contributed by atoms with E-state index in [2.05, 4.69) is 16.0 Å². The number of carbonyl (C=O) groups is 3. The zero-order valence-electron chi connectivity index (χ0n) is 26.7. The predicted molar refractivity (Wildman–Crippen MR) is 189 cm³/mol. The second-order valence-electron chi connectivity index (χ2n) is 10.5. The van der Waals surface area contributed by atoms with E-state index in [1.807, 2.05) is 62.4 Å². The molecule has 1 aromatic heterocycles. The molecule has 48 heavy (non-hydrogen) atoms. The number of hydrogen-bond acceptors (Lipinski definition) is 7. The van der Waals surface area contributed by atoms with Crippen LogP contribution in [0.15, 0.2) is 130 Å². The van der Waals surface area contributed by atoms with Crippen molar-refractivity contribution >= 4 is 46.9 Å². The minimum absolute atomic E-state index is 0.0113. The molecule has 3 amide bonds. The standard InChI is InChI=1S/C38H35N3O6S/c1-4-46-29-18-14-27(15-19-29)39-36(42)25(2)48-31-21-16-28(17-22-31)40-38(44)33(41-37(43)26-10-6-5-7-11-26)24-30-20-23-35(47-30)32-12-8-9-13-34(32)45-3/h5-25H,4H2,1-3H3,(H,39,42)(H,40,44)(H,41,43)/b33-24-/t25-/m0/s1. The van der Waals surface area contributed by atoms with Crippen LogP contribution >= 0.6 is 11.8 Å². The largest absolute Gasteiger partial charge is 0.496 e. The van der Waals surface area contributed by atoms with Crippen molar-refractivity contribution in [3.8, 4) is 22.8 Å². The summed E-state index contributed by atoms with van der Waals surface area (Å²) < 4.78 is 16.9. The summed E-state index contributed by atoms with van der Waals surface area (Å²) in [6, 6.07) is 33.9. The van der Waals surface area contributed by atoms with E-state index in [9.17, 15) is 14.4 Å². The second kappa shape index (κ2) is 16.2. The number of amides is 3. The number of anilines is 2. The molecule has 0 aliphatic rings. The Morgan fingerprint density at radius 1 is 0.812 bits per heavy atom. The molecular weight excluding hydrogens is 627 g/mol. The SMILES string of the molecule is CCOc1ccc(NC(=O)[C@H](C)Sc2ccc(NC(=O)/C(=C/c3ccc(-c4ccccc4OC)o3)NC(=O)c3ccccc3)cc2)cc1. The lowest BCUT2D eigenvalue weighted by molar-refractivity contribution is -0.115. The smallest absolute Gasteiger partial charge is 0.272 e. The number of furan rings is 1. The average Bonchev–Trinajstić information content (AvgIpc) is 3.58. The fourth-order valence-electron chi connectivity index (χ4n) is 4.63. The molecule has 0 saturated heterocycles. The molecule has 3 N–H and O–H groups in total. The number of benzene rings is 4. The minimum atomic E-state index is -0.543. The quantitative estimate of drug-likeness (QED) is 0.0868. The van der Waals surface area contributed by atoms with Gasteiger partial charge < -0.3 is 29.8 Å². The Morgan fingerprint density at radius 3 is 2.19 bits per heavy atom. The summed E-state index contributed by atoms with van der Waals surface area (Å²) in [5.74, 6) is 1.16. The van der Waals surface area contributed by atoms with Crippen LogP contribution < -0.4 is 25.4 Å². The lowest BCUT2D eigenvalue weighted by Crippen LogP contribution is -2.30. The molecule has 4 aromatic carbocycles. The molecule has 0 unspecified atom stereocenters. The summed E-state index contributed by atoms with van der Waals surface area (Å²) in [5.41, 5.74) is 2.32. The van der Waals surface area contributed by atoms with Gasteiger partial charge in [0.1, 0.15) is 28.7 Å². The molecule has 1 heterocycles. The molecule has 5 aromatic rings. The fourth-order valence-corrected chi connectivity index (χ4v) is 5.49. The monoisotopic (exact) mass is 661 g/mol. The first kappa shape index (κ1) is 33.6. The Bertz CT molecular complexity index is 1890. The van der Waals surface area contributed by atoms with Gasteiger partial charge >= 0.3 is 0 Å². The van der Waals surface area contributed by atoms with Crippen molar-refractivity contribution in [3.63, 3.8) is 0 Å². The molecule has 244 valence electrons. The van der Waals surface area contributed by atoms with Crippen LogP contribution in [-0.2, 0) is 9.59 Å². The van der Waals surface area contributed by atoms with E-state index in [1.54, 1.807) is 73.8 Å². The van der Waals surface area contributed by atoms with Gasteiger partial charge in [-0.1, -0.05) is 30.3 Å². The molecule has 5 rings (SSSR count). The number of methoxy groups -OCH3 is 1. The third-order valence-electron chi connectivity index (χ3n) is 7.04. The van der Waals surface area contributed by atoms with Gasteiger partial charge in [0.2, 0.25) is 5.91 Å². The van der Waals surface area contributed by atoms with Crippen molar-refractivity contribution in [3.05, 3.63) is 132 Å². The number of nitrogens with one attached hydrogen (secondary N) is 3. The molecular formula is C38H35N3O6S. The summed E-state index contributed by atoms with van der Waals surface area (Å²) in [5, 5.41) is 8.10. The van der Waals surface area contributed by atoms with Crippen molar-refractivity contribution in [1.29, 1.82) is 0 Å². The molecule has 9 nitrogen and oxygen atoms in total. The highest BCUT2D eigenvalue weighted by Gasteiger charge is 2.18. The van der Waals surface area contributed by atoms with E-state index in [0.717, 1.165) is 16.2 Å². The van der Waals surface area contributed by atoms with Crippen molar-refractivity contribution in [2.45, 2.75) is 24.0 Å². The van der Waals surface area contributed by atoms with E-state index < -0.39 is 11.8 Å². The summed E-state index contributed by atoms with van der Waals surface area (Å²) in [7, 11) is 1.58. The lowest BCUT2D eigenvalue weighted by atomic mass is 10.1. The maximum Gasteiger partial charge on any atom is 0.272 e. The van der Waals surface area contributed by atoms with Crippen LogP contribution in [-0.4, -0.2) is 36.7 Å². The summed E-state index contributed by atoms with van der Waals surface area (Å²) in [6.45, 7) is 4.31. The van der Waals surface area contributed by atoms with Gasteiger partial charge in [-0.2, -0.15) is 0 Å². The van der Waals surface area contributed by atoms with Crippen molar-refractivity contribution < 1.29 is 28.3 Å². The first-order valence-electron chi connectivity index (χ1n) is 15.3. The van der Waals surface area contributed by atoms with Crippen molar-refractivity contribution in [2.75, 3.05) is 24.4 Å². The summed E-state index contributed by atoms with van der Waals surface area (Å²) >= 11 is 1.39. The number of thioether (sulfide) groups is 1. The van der Waals surface area contributed by atoms with Gasteiger partial charge in [0.25, 0.3) is 11.8 Å². The van der Waals surface area contributed by atoms with Crippen LogP contribution in [0.4, 0.5) is 11.4 Å². The lowest BCUT2D eigenvalue weighted by Gasteiger charge is -2.14. The third-order valence-corrected chi connectivity index (χ3v) is 8.15. The number of rotatable bonds is 13. The topological polar surface area (TPSA) is 119 Å². The molecule has 0 spiro atoms. The highest BCUT2D eigenvalue weighted by Crippen LogP contribution is 2.31. The zero-order chi connectivity index (χ0) is 33.9. The van der Waals surface area contributed by atoms with Crippen LogP contribution in [0.5, 0.6) is 11.5 Å². The average molecular weight is 662 g/mol. The molecule has 0 radical (unpaired) electrons. The first-order chi connectivity index (χ1) is 23.3. The van der Waals surface area contributed by atoms with Gasteiger partial charge in [-0.05, 0) is 98.8 Å². The third kappa shape index (κ3) is 8.95. The van der Waals surface area contributed by atoms with Crippen LogP contribution in [0.2, 0.25) is 0 Å². The number of ether oxygens (including phenoxy) is 2. The Hall–Kier alpha value is -5.74. The number of hydrogen-bond donors (Lipinski definition) is 3. The molecule has 0 bridgehead atoms. The van der Waals surface area contributed by atoms with Gasteiger partial charge in [-0.25, -0.2) is 0 Å². The molecule has 0 saturated carbocycles. The van der Waals surface area contributed by atoms with Gasteiger partial charge in [-0.3, -0.25) is 14.4 Å². The predicted octanol–water partition coefficient (Wildman–Crippen LogP) is 7.88. The maximum atomic E-state index is 13.5. The number of carbonyl (C=O) groups excluding carboxylic acids is 3. The van der Waals surface area contributed by atoms with E-state index >= 15 is 0 Å². The molecule has 0 aliphatic heterocycles. The normalized spacial score (nSPS) is 11.7. The summed E-state index contributed by atoms with van der Waals surface area (Å²) in [6.07, 6.45) is 1.48. The Labute approximate surface area is 283 Å². The zero-order valence-corrected chi connectivity index (χ0v) is 27.5. The fraction of sp³-hybridized carbons (Fsp3) is 0.132. The summed E-state index contributed by atoms with van der Waals surface area (Å²) in [4.78, 5) is 40.2. The molecule has 0 aliphatic carbocycles. The Kier molecular flexibility index (Phi) is 11.3. The van der Waals surface area contributed by atoms with Crippen molar-refractivity contribution in [1.82, 2.24) is 5.32 Å². The number of para-hydroxylation sites is 1. The molecule has 1 atom stereocenters. The first-order valence-corrected chi connectivity index (χ1v) is 16.1. The van der Waals surface area contributed by atoms with Gasteiger partial charge in [0.05, 0.1) is 24.5 Å². The van der Waals surface area contributed by atoms with E-state index in [4.69, 9.17) is 13.9 Å². The highest BCUT2D eigenvalue weighted by atomic mass is 32.2.